The Morgan fingerprint density at radius 3 is 2.18 bits per heavy atom. The van der Waals surface area contributed by atoms with Crippen molar-refractivity contribution in [3.63, 3.8) is 0 Å². The number of imidazole rings is 1. The van der Waals surface area contributed by atoms with Crippen molar-refractivity contribution in [1.82, 2.24) is 25.9 Å². The summed E-state index contributed by atoms with van der Waals surface area (Å²) in [7, 11) is 0. The largest absolute Gasteiger partial charge is 0.481 e. The van der Waals surface area contributed by atoms with Crippen LogP contribution in [-0.2, 0) is 30.4 Å². The molecule has 14 heteroatoms. The van der Waals surface area contributed by atoms with Crippen molar-refractivity contribution in [2.45, 2.75) is 57.3 Å². The third-order valence-electron chi connectivity index (χ3n) is 4.66. The van der Waals surface area contributed by atoms with E-state index < -0.39 is 59.7 Å². The van der Waals surface area contributed by atoms with Crippen molar-refractivity contribution in [2.75, 3.05) is 5.75 Å². The van der Waals surface area contributed by atoms with E-state index in [1.54, 1.807) is 13.8 Å². The van der Waals surface area contributed by atoms with Crippen LogP contribution in [0, 0.1) is 5.92 Å². The highest BCUT2D eigenvalue weighted by atomic mass is 32.1. The highest BCUT2D eigenvalue weighted by Crippen LogP contribution is 2.06. The molecule has 8 N–H and O–H groups in total. The second-order valence-corrected chi connectivity index (χ2v) is 8.06. The Kier molecular flexibility index (Phi) is 11.4. The van der Waals surface area contributed by atoms with E-state index in [1.165, 1.54) is 12.5 Å². The topological polar surface area (TPSA) is 217 Å². The molecule has 0 saturated carbocycles. The number of hydrogen-bond acceptors (Lipinski definition) is 8. The van der Waals surface area contributed by atoms with Gasteiger partial charge in [0.15, 0.2) is 0 Å². The quantitative estimate of drug-likeness (QED) is 0.140. The van der Waals surface area contributed by atoms with Crippen molar-refractivity contribution >= 4 is 42.3 Å². The Hall–Kier alpha value is -3.13. The van der Waals surface area contributed by atoms with Crippen LogP contribution in [0.3, 0.4) is 0 Å². The monoisotopic (exact) mass is 486 g/mol. The number of nitrogens with zero attached hydrogens (tertiary/aromatic N) is 1. The third-order valence-corrected chi connectivity index (χ3v) is 5.03. The predicted octanol–water partition coefficient (Wildman–Crippen LogP) is -1.73. The van der Waals surface area contributed by atoms with Gasteiger partial charge in [-0.2, -0.15) is 12.6 Å². The van der Waals surface area contributed by atoms with E-state index >= 15 is 0 Å². The molecule has 3 amide bonds. The third kappa shape index (κ3) is 9.49. The summed E-state index contributed by atoms with van der Waals surface area (Å²) >= 11 is 4.04. The van der Waals surface area contributed by atoms with Gasteiger partial charge in [0.25, 0.3) is 0 Å². The van der Waals surface area contributed by atoms with Crippen LogP contribution in [0.1, 0.15) is 32.4 Å². The molecule has 0 aromatic carbocycles. The fourth-order valence-electron chi connectivity index (χ4n) is 2.75. The number of hydrogen-bond donors (Lipinski definition) is 8. The minimum Gasteiger partial charge on any atom is -0.481 e. The lowest BCUT2D eigenvalue weighted by molar-refractivity contribution is -0.142. The van der Waals surface area contributed by atoms with E-state index in [0.717, 1.165) is 0 Å². The van der Waals surface area contributed by atoms with E-state index in [-0.39, 0.29) is 25.0 Å². The number of rotatable bonds is 14. The zero-order valence-corrected chi connectivity index (χ0v) is 19.2. The SMILES string of the molecule is CC(C)C(NC(=O)C(CS)NC(=O)C(N)CCC(=O)O)C(=O)NC(Cc1cnc[nH]1)C(=O)O. The zero-order valence-electron chi connectivity index (χ0n) is 18.3. The average Bonchev–Trinajstić information content (AvgIpc) is 3.25. The molecule has 1 rings (SSSR count). The highest BCUT2D eigenvalue weighted by molar-refractivity contribution is 7.80. The molecular weight excluding hydrogens is 456 g/mol. The number of aromatic nitrogens is 2. The normalized spacial score (nSPS) is 14.6. The predicted molar refractivity (Wildman–Crippen MR) is 119 cm³/mol. The molecule has 33 heavy (non-hydrogen) atoms. The maximum atomic E-state index is 12.8. The van der Waals surface area contributed by atoms with Crippen molar-refractivity contribution < 1.29 is 34.2 Å². The summed E-state index contributed by atoms with van der Waals surface area (Å²) in [5.41, 5.74) is 6.15. The summed E-state index contributed by atoms with van der Waals surface area (Å²) in [6.07, 6.45) is 2.35. The number of aliphatic carboxylic acids is 2. The summed E-state index contributed by atoms with van der Waals surface area (Å²) < 4.78 is 0. The molecule has 4 unspecified atom stereocenters. The Balaban J connectivity index is 2.79. The van der Waals surface area contributed by atoms with Crippen molar-refractivity contribution in [3.05, 3.63) is 18.2 Å². The number of aromatic amines is 1. The Morgan fingerprint density at radius 1 is 1.06 bits per heavy atom. The van der Waals surface area contributed by atoms with Crippen LogP contribution < -0.4 is 21.7 Å². The van der Waals surface area contributed by atoms with E-state index in [9.17, 15) is 29.1 Å². The first kappa shape index (κ1) is 27.9. The van der Waals surface area contributed by atoms with Gasteiger partial charge in [0.1, 0.15) is 18.1 Å². The second kappa shape index (κ2) is 13.4. The molecular formula is C19H30N6O7S. The molecule has 1 aromatic rings. The molecule has 0 bridgehead atoms. The molecule has 0 spiro atoms. The number of carbonyl (C=O) groups excluding carboxylic acids is 3. The van der Waals surface area contributed by atoms with Crippen molar-refractivity contribution in [2.24, 2.45) is 11.7 Å². The lowest BCUT2D eigenvalue weighted by Gasteiger charge is -2.26. The lowest BCUT2D eigenvalue weighted by atomic mass is 10.0. The van der Waals surface area contributed by atoms with Crippen LogP contribution in [0.4, 0.5) is 0 Å². The molecule has 1 aromatic heterocycles. The highest BCUT2D eigenvalue weighted by Gasteiger charge is 2.31. The van der Waals surface area contributed by atoms with Crippen LogP contribution >= 0.6 is 12.6 Å². The molecule has 184 valence electrons. The molecule has 13 nitrogen and oxygen atoms in total. The number of nitrogens with two attached hydrogens (primary N) is 1. The van der Waals surface area contributed by atoms with Crippen LogP contribution in [0.2, 0.25) is 0 Å². The fraction of sp³-hybridized carbons (Fsp3) is 0.579. The number of carbonyl (C=O) groups is 5. The summed E-state index contributed by atoms with van der Waals surface area (Å²) in [6.45, 7) is 3.32. The number of carboxylic acid groups (broad SMARTS) is 2. The van der Waals surface area contributed by atoms with Gasteiger partial charge in [-0.3, -0.25) is 19.2 Å². The van der Waals surface area contributed by atoms with Gasteiger partial charge in [0, 0.05) is 30.5 Å². The number of nitrogens with one attached hydrogen (secondary N) is 4. The van der Waals surface area contributed by atoms with Crippen LogP contribution in [0.15, 0.2) is 12.5 Å². The van der Waals surface area contributed by atoms with Crippen LogP contribution in [0.25, 0.3) is 0 Å². The summed E-state index contributed by atoms with van der Waals surface area (Å²) in [5, 5.41) is 25.4. The molecule has 4 atom stereocenters. The molecule has 0 fully saturated rings. The van der Waals surface area contributed by atoms with E-state index in [2.05, 4.69) is 38.5 Å². The molecule has 0 radical (unpaired) electrons. The molecule has 0 aliphatic heterocycles. The Labute approximate surface area is 195 Å². The summed E-state index contributed by atoms with van der Waals surface area (Å²) in [4.78, 5) is 66.3. The first-order chi connectivity index (χ1) is 15.5. The lowest BCUT2D eigenvalue weighted by Crippen LogP contribution is -2.59. The Bertz CT molecular complexity index is 833. The summed E-state index contributed by atoms with van der Waals surface area (Å²) in [6, 6.07) is -4.64. The summed E-state index contributed by atoms with van der Waals surface area (Å²) in [5.74, 6) is -5.08. The van der Waals surface area contributed by atoms with Gasteiger partial charge < -0.3 is 36.9 Å². The molecule has 0 aliphatic carbocycles. The maximum Gasteiger partial charge on any atom is 0.326 e. The van der Waals surface area contributed by atoms with Gasteiger partial charge in [-0.25, -0.2) is 9.78 Å². The van der Waals surface area contributed by atoms with Crippen LogP contribution in [-0.4, -0.2) is 79.8 Å². The maximum absolute atomic E-state index is 12.8. The van der Waals surface area contributed by atoms with E-state index in [1.807, 2.05) is 0 Å². The minimum absolute atomic E-state index is 0.0383. The average molecular weight is 487 g/mol. The van der Waals surface area contributed by atoms with Crippen molar-refractivity contribution in [3.8, 4) is 0 Å². The second-order valence-electron chi connectivity index (χ2n) is 7.69. The van der Waals surface area contributed by atoms with Gasteiger partial charge in [-0.05, 0) is 12.3 Å². The minimum atomic E-state index is -1.26. The Morgan fingerprint density at radius 2 is 1.70 bits per heavy atom. The van der Waals surface area contributed by atoms with Crippen molar-refractivity contribution in [1.29, 1.82) is 0 Å². The van der Waals surface area contributed by atoms with Crippen LogP contribution in [0.5, 0.6) is 0 Å². The van der Waals surface area contributed by atoms with Gasteiger partial charge in [0.05, 0.1) is 12.4 Å². The number of carboxylic acids is 2. The van der Waals surface area contributed by atoms with Gasteiger partial charge in [0.2, 0.25) is 17.7 Å². The smallest absolute Gasteiger partial charge is 0.326 e. The van der Waals surface area contributed by atoms with Gasteiger partial charge >= 0.3 is 11.9 Å². The standard InChI is InChI=1S/C19H30N6O7S/c1-9(2)15(18(30)23-12(19(31)32)5-10-6-21-8-22-10)25-17(29)13(7-33)24-16(28)11(20)3-4-14(26)27/h6,8-9,11-13,15,33H,3-5,7,20H2,1-2H3,(H,21,22)(H,23,30)(H,24,28)(H,25,29)(H,26,27)(H,31,32). The molecule has 1 heterocycles. The first-order valence-electron chi connectivity index (χ1n) is 10.2. The van der Waals surface area contributed by atoms with E-state index in [0.29, 0.717) is 5.69 Å². The zero-order chi connectivity index (χ0) is 25.1. The first-order valence-corrected chi connectivity index (χ1v) is 10.8. The molecule has 0 aliphatic rings. The number of H-pyrrole nitrogens is 1. The molecule has 0 saturated heterocycles. The van der Waals surface area contributed by atoms with Gasteiger partial charge in [-0.15, -0.1) is 0 Å². The van der Waals surface area contributed by atoms with E-state index in [4.69, 9.17) is 10.8 Å². The number of thiol groups is 1. The number of amides is 3. The fourth-order valence-corrected chi connectivity index (χ4v) is 3.01. The van der Waals surface area contributed by atoms with Gasteiger partial charge in [-0.1, -0.05) is 13.8 Å².